The Hall–Kier alpha value is -2.96. The van der Waals surface area contributed by atoms with Crippen LogP contribution in [0, 0.1) is 0 Å². The number of rotatable bonds is 4. The zero-order chi connectivity index (χ0) is 19.2. The average molecular weight is 367 g/mol. The molecule has 7 heteroatoms. The van der Waals surface area contributed by atoms with Crippen LogP contribution in [0.3, 0.4) is 0 Å². The highest BCUT2D eigenvalue weighted by molar-refractivity contribution is 5.93. The average Bonchev–Trinajstić information content (AvgIpc) is 2.72. The number of amides is 3. The summed E-state index contributed by atoms with van der Waals surface area (Å²) in [4.78, 5) is 36.1. The highest BCUT2D eigenvalue weighted by Crippen LogP contribution is 2.25. The van der Waals surface area contributed by atoms with Crippen molar-refractivity contribution in [2.24, 2.45) is 0 Å². The van der Waals surface area contributed by atoms with E-state index in [2.05, 4.69) is 15.3 Å². The maximum absolute atomic E-state index is 12.5. The number of piperidine rings is 1. The van der Waals surface area contributed by atoms with Crippen molar-refractivity contribution in [1.29, 1.82) is 0 Å². The number of aromatic nitrogens is 2. The summed E-state index contributed by atoms with van der Waals surface area (Å²) < 4.78 is 0. The Bertz CT molecular complexity index is 777. The zero-order valence-electron chi connectivity index (χ0n) is 15.8. The number of benzene rings is 1. The number of urea groups is 1. The third-order valence-electron chi connectivity index (χ3n) is 4.78. The fraction of sp³-hybridized carbons (Fsp3) is 0.400. The Morgan fingerprint density at radius 1 is 1.22 bits per heavy atom. The number of carbonyl (C=O) groups excluding carboxylic acids is 2. The lowest BCUT2D eigenvalue weighted by Crippen LogP contribution is -2.44. The molecule has 2 aromatic rings. The summed E-state index contributed by atoms with van der Waals surface area (Å²) in [5.41, 5.74) is 2.59. The van der Waals surface area contributed by atoms with Crippen molar-refractivity contribution < 1.29 is 9.59 Å². The minimum Gasteiger partial charge on any atom is -0.345 e. The molecule has 1 atom stereocenters. The van der Waals surface area contributed by atoms with Gasteiger partial charge in [-0.15, -0.1) is 0 Å². The van der Waals surface area contributed by atoms with E-state index in [4.69, 9.17) is 0 Å². The Kier molecular flexibility index (Phi) is 6.01. The topological polar surface area (TPSA) is 78.4 Å². The third-order valence-corrected chi connectivity index (χ3v) is 4.78. The van der Waals surface area contributed by atoms with Crippen molar-refractivity contribution in [2.75, 3.05) is 27.2 Å². The third kappa shape index (κ3) is 4.81. The van der Waals surface area contributed by atoms with Gasteiger partial charge < -0.3 is 15.1 Å². The smallest absolute Gasteiger partial charge is 0.317 e. The van der Waals surface area contributed by atoms with E-state index >= 15 is 0 Å². The van der Waals surface area contributed by atoms with Crippen LogP contribution in [0.1, 0.15) is 40.4 Å². The molecule has 0 unspecified atom stereocenters. The quantitative estimate of drug-likeness (QED) is 0.899. The molecule has 0 radical (unpaired) electrons. The first-order valence-corrected chi connectivity index (χ1v) is 9.14. The molecular weight excluding hydrogens is 342 g/mol. The summed E-state index contributed by atoms with van der Waals surface area (Å²) in [6.45, 7) is 1.85. The molecule has 1 aromatic carbocycles. The molecule has 0 saturated carbocycles. The lowest BCUT2D eigenvalue weighted by Gasteiger charge is -2.32. The molecule has 0 aliphatic carbocycles. The second kappa shape index (κ2) is 8.62. The number of nitrogens with one attached hydrogen (secondary N) is 1. The standard InChI is InChI=1S/C20H25N5O2/c1-24(2)19(26)16-7-5-15(6-8-16)12-22-20(27)25-11-3-4-17(13-25)18-9-10-21-14-23-18/h5-10,14,17H,3-4,11-13H2,1-2H3,(H,22,27)/t17-/m1/s1. The minimum atomic E-state index is -0.0674. The van der Waals surface area contributed by atoms with E-state index in [-0.39, 0.29) is 17.9 Å². The highest BCUT2D eigenvalue weighted by Gasteiger charge is 2.25. The van der Waals surface area contributed by atoms with Crippen LogP contribution < -0.4 is 5.32 Å². The van der Waals surface area contributed by atoms with Gasteiger partial charge in [-0.3, -0.25) is 4.79 Å². The summed E-state index contributed by atoms with van der Waals surface area (Å²) in [5.74, 6) is 0.221. The molecular formula is C20H25N5O2. The second-order valence-electron chi connectivity index (χ2n) is 6.97. The van der Waals surface area contributed by atoms with Gasteiger partial charge in [0, 0.05) is 57.1 Å². The van der Waals surface area contributed by atoms with Crippen molar-refractivity contribution in [3.05, 3.63) is 59.7 Å². The van der Waals surface area contributed by atoms with Gasteiger partial charge in [0.25, 0.3) is 5.91 Å². The molecule has 1 saturated heterocycles. The van der Waals surface area contributed by atoms with E-state index in [0.717, 1.165) is 30.6 Å². The molecule has 1 aliphatic heterocycles. The molecule has 3 amide bonds. The number of carbonyl (C=O) groups is 2. The van der Waals surface area contributed by atoms with Crippen LogP contribution in [0.5, 0.6) is 0 Å². The number of hydrogen-bond acceptors (Lipinski definition) is 4. The van der Waals surface area contributed by atoms with Crippen LogP contribution in [-0.4, -0.2) is 58.9 Å². The zero-order valence-corrected chi connectivity index (χ0v) is 15.8. The van der Waals surface area contributed by atoms with Gasteiger partial charge >= 0.3 is 6.03 Å². The van der Waals surface area contributed by atoms with Gasteiger partial charge in [-0.05, 0) is 36.6 Å². The van der Waals surface area contributed by atoms with Crippen LogP contribution in [-0.2, 0) is 6.54 Å². The normalized spacial score (nSPS) is 16.7. The van der Waals surface area contributed by atoms with Crippen LogP contribution in [0.15, 0.2) is 42.9 Å². The van der Waals surface area contributed by atoms with E-state index in [9.17, 15) is 9.59 Å². The Morgan fingerprint density at radius 2 is 2.00 bits per heavy atom. The van der Waals surface area contributed by atoms with Crippen LogP contribution in [0.2, 0.25) is 0 Å². The fourth-order valence-corrected chi connectivity index (χ4v) is 3.26. The van der Waals surface area contributed by atoms with E-state index in [1.165, 1.54) is 0 Å². The highest BCUT2D eigenvalue weighted by atomic mass is 16.2. The van der Waals surface area contributed by atoms with E-state index in [0.29, 0.717) is 18.7 Å². The Morgan fingerprint density at radius 3 is 2.67 bits per heavy atom. The molecule has 0 bridgehead atoms. The van der Waals surface area contributed by atoms with E-state index in [1.807, 2.05) is 23.1 Å². The molecule has 1 fully saturated rings. The van der Waals surface area contributed by atoms with Gasteiger partial charge in [0.2, 0.25) is 0 Å². The van der Waals surface area contributed by atoms with E-state index in [1.54, 1.807) is 43.7 Å². The van der Waals surface area contributed by atoms with Crippen molar-refractivity contribution in [1.82, 2.24) is 25.1 Å². The second-order valence-corrected chi connectivity index (χ2v) is 6.97. The Balaban J connectivity index is 1.53. The van der Waals surface area contributed by atoms with Gasteiger partial charge in [0.05, 0.1) is 0 Å². The lowest BCUT2D eigenvalue weighted by atomic mass is 9.95. The number of hydrogen-bond donors (Lipinski definition) is 1. The largest absolute Gasteiger partial charge is 0.345 e. The first-order valence-electron chi connectivity index (χ1n) is 9.14. The molecule has 1 N–H and O–H groups in total. The van der Waals surface area contributed by atoms with Crippen molar-refractivity contribution in [3.8, 4) is 0 Å². The SMILES string of the molecule is CN(C)C(=O)c1ccc(CNC(=O)N2CCC[C@@H](c3ccncn3)C2)cc1. The lowest BCUT2D eigenvalue weighted by molar-refractivity contribution is 0.0827. The molecule has 0 spiro atoms. The number of likely N-dealkylation sites (tertiary alicyclic amines) is 1. The predicted octanol–water partition coefficient (Wildman–Crippen LogP) is 2.27. The Labute approximate surface area is 159 Å². The molecule has 27 heavy (non-hydrogen) atoms. The van der Waals surface area contributed by atoms with Crippen LogP contribution in [0.4, 0.5) is 4.79 Å². The maximum atomic E-state index is 12.5. The maximum Gasteiger partial charge on any atom is 0.317 e. The fourth-order valence-electron chi connectivity index (χ4n) is 3.26. The van der Waals surface area contributed by atoms with Crippen molar-refractivity contribution >= 4 is 11.9 Å². The monoisotopic (exact) mass is 367 g/mol. The molecule has 142 valence electrons. The molecule has 3 rings (SSSR count). The summed E-state index contributed by atoms with van der Waals surface area (Å²) in [6, 6.07) is 9.17. The predicted molar refractivity (Wildman–Crippen MR) is 102 cm³/mol. The van der Waals surface area contributed by atoms with E-state index < -0.39 is 0 Å². The molecule has 2 heterocycles. The van der Waals surface area contributed by atoms with Crippen molar-refractivity contribution in [2.45, 2.75) is 25.3 Å². The van der Waals surface area contributed by atoms with Gasteiger partial charge in [0.1, 0.15) is 6.33 Å². The number of nitrogens with zero attached hydrogens (tertiary/aromatic N) is 4. The van der Waals surface area contributed by atoms with Gasteiger partial charge in [-0.25, -0.2) is 14.8 Å². The van der Waals surface area contributed by atoms with Crippen LogP contribution >= 0.6 is 0 Å². The first-order chi connectivity index (χ1) is 13.0. The van der Waals surface area contributed by atoms with Gasteiger partial charge in [-0.2, -0.15) is 0 Å². The summed E-state index contributed by atoms with van der Waals surface area (Å²) in [6.07, 6.45) is 5.29. The summed E-state index contributed by atoms with van der Waals surface area (Å²) >= 11 is 0. The minimum absolute atomic E-state index is 0.0327. The van der Waals surface area contributed by atoms with Gasteiger partial charge in [-0.1, -0.05) is 12.1 Å². The summed E-state index contributed by atoms with van der Waals surface area (Å²) in [5, 5.41) is 2.97. The first kappa shape index (κ1) is 18.8. The molecule has 1 aromatic heterocycles. The van der Waals surface area contributed by atoms with Crippen molar-refractivity contribution in [3.63, 3.8) is 0 Å². The van der Waals surface area contributed by atoms with Crippen LogP contribution in [0.25, 0.3) is 0 Å². The molecule has 1 aliphatic rings. The summed E-state index contributed by atoms with van der Waals surface area (Å²) in [7, 11) is 3.45. The molecule has 7 nitrogen and oxygen atoms in total. The van der Waals surface area contributed by atoms with Gasteiger partial charge in [0.15, 0.2) is 0 Å².